The number of β-lactam (4-membered cyclic amide) rings is 1. The highest BCUT2D eigenvalue weighted by molar-refractivity contribution is 8.05. The number of carboxylic acid groups (broad SMARTS) is 1. The van der Waals surface area contributed by atoms with Crippen molar-refractivity contribution in [1.29, 1.82) is 5.41 Å². The minimum absolute atomic E-state index is 0.0450. The number of carbonyl (C=O) groups is 2. The highest BCUT2D eigenvalue weighted by Gasteiger charge is 2.60. The van der Waals surface area contributed by atoms with Gasteiger partial charge in [0.2, 0.25) is 5.91 Å². The number of amides is 1. The zero-order valence-corrected chi connectivity index (χ0v) is 15.5. The first-order chi connectivity index (χ1) is 11.7. The van der Waals surface area contributed by atoms with Gasteiger partial charge in [0.1, 0.15) is 5.70 Å². The number of carboxylic acids is 1. The van der Waals surface area contributed by atoms with Crippen molar-refractivity contribution in [1.82, 2.24) is 10.2 Å². The van der Waals surface area contributed by atoms with Gasteiger partial charge in [-0.2, -0.15) is 0 Å². The lowest BCUT2D eigenvalue weighted by atomic mass is 9.79. The van der Waals surface area contributed by atoms with E-state index in [2.05, 4.69) is 5.32 Å². The van der Waals surface area contributed by atoms with Gasteiger partial charge in [-0.15, -0.1) is 11.8 Å². The molecule has 0 bridgehead atoms. The fraction of sp³-hybridized carbons (Fsp3) is 0.706. The van der Waals surface area contributed by atoms with Crippen LogP contribution in [-0.4, -0.2) is 62.7 Å². The van der Waals surface area contributed by atoms with Crippen LogP contribution >= 0.6 is 11.8 Å². The Morgan fingerprint density at radius 2 is 2.04 bits per heavy atom. The molecule has 2 fully saturated rings. The molecule has 0 aromatic carbocycles. The van der Waals surface area contributed by atoms with Crippen LogP contribution in [0.5, 0.6) is 0 Å². The smallest absolute Gasteiger partial charge is 0.353 e. The number of fused-ring (bicyclic) bond motifs is 1. The molecule has 8 heteroatoms. The molecule has 3 heterocycles. The third kappa shape index (κ3) is 2.71. The molecule has 0 radical (unpaired) electrons. The van der Waals surface area contributed by atoms with Crippen molar-refractivity contribution in [3.8, 4) is 0 Å². The molecule has 0 aromatic heterocycles. The van der Waals surface area contributed by atoms with Crippen LogP contribution in [0.4, 0.5) is 0 Å². The van der Waals surface area contributed by atoms with Gasteiger partial charge in [-0.1, -0.05) is 6.92 Å². The number of piperidine rings is 1. The van der Waals surface area contributed by atoms with E-state index in [1.54, 1.807) is 13.8 Å². The second-order valence-corrected chi connectivity index (χ2v) is 8.67. The second-order valence-electron chi connectivity index (χ2n) is 7.24. The van der Waals surface area contributed by atoms with Crippen LogP contribution in [0.1, 0.15) is 33.6 Å². The minimum Gasteiger partial charge on any atom is -0.477 e. The van der Waals surface area contributed by atoms with Crippen molar-refractivity contribution >= 4 is 29.4 Å². The summed E-state index contributed by atoms with van der Waals surface area (Å²) in [5.41, 5.74) is 0.583. The highest BCUT2D eigenvalue weighted by atomic mass is 32.2. The number of rotatable bonds is 5. The summed E-state index contributed by atoms with van der Waals surface area (Å²) in [4.78, 5) is 26.3. The van der Waals surface area contributed by atoms with Crippen LogP contribution in [-0.2, 0) is 9.59 Å². The molecule has 0 aliphatic carbocycles. The van der Waals surface area contributed by atoms with Crippen LogP contribution in [0, 0.1) is 17.2 Å². The van der Waals surface area contributed by atoms with Gasteiger partial charge in [0.25, 0.3) is 0 Å². The van der Waals surface area contributed by atoms with E-state index in [1.807, 2.05) is 6.92 Å². The number of carbonyl (C=O) groups excluding carboxylic acids is 1. The molecule has 3 aliphatic heterocycles. The quantitative estimate of drug-likeness (QED) is 0.426. The highest BCUT2D eigenvalue weighted by Crippen LogP contribution is 2.54. The van der Waals surface area contributed by atoms with Gasteiger partial charge in [-0.3, -0.25) is 4.79 Å². The number of hydrogen-bond donors (Lipinski definition) is 4. The fourth-order valence-electron chi connectivity index (χ4n) is 4.25. The van der Waals surface area contributed by atoms with E-state index < -0.39 is 22.7 Å². The van der Waals surface area contributed by atoms with Gasteiger partial charge in [0.05, 0.1) is 22.8 Å². The van der Waals surface area contributed by atoms with Crippen molar-refractivity contribution in [2.45, 2.75) is 50.5 Å². The zero-order chi connectivity index (χ0) is 18.5. The Balaban J connectivity index is 1.98. The number of hydrogen-bond acceptors (Lipinski definition) is 6. The van der Waals surface area contributed by atoms with Crippen LogP contribution in [0.25, 0.3) is 0 Å². The van der Waals surface area contributed by atoms with Crippen LogP contribution < -0.4 is 5.32 Å². The van der Waals surface area contributed by atoms with Crippen molar-refractivity contribution < 1.29 is 19.8 Å². The largest absolute Gasteiger partial charge is 0.477 e. The molecule has 3 rings (SSSR count). The molecule has 0 saturated carbocycles. The normalized spacial score (nSPS) is 32.2. The first-order valence-electron chi connectivity index (χ1n) is 8.65. The molecule has 0 unspecified atom stereocenters. The zero-order valence-electron chi connectivity index (χ0n) is 14.7. The molecule has 0 spiro atoms. The summed E-state index contributed by atoms with van der Waals surface area (Å²) in [7, 11) is 0. The monoisotopic (exact) mass is 367 g/mol. The Bertz CT molecular complexity index is 654. The van der Waals surface area contributed by atoms with Crippen LogP contribution in [0.15, 0.2) is 10.6 Å². The summed E-state index contributed by atoms with van der Waals surface area (Å²) >= 11 is 1.45. The number of nitrogens with one attached hydrogen (secondary N) is 2. The Labute approximate surface area is 151 Å². The number of aliphatic hydroxyl groups excluding tert-OH is 1. The predicted octanol–water partition coefficient (Wildman–Crippen LogP) is 1.04. The Morgan fingerprint density at radius 3 is 2.52 bits per heavy atom. The van der Waals surface area contributed by atoms with Crippen molar-refractivity contribution in [2.75, 3.05) is 13.1 Å². The Kier molecular flexibility index (Phi) is 4.72. The third-order valence-corrected chi connectivity index (χ3v) is 7.60. The maximum atomic E-state index is 12.4. The molecule has 138 valence electrons. The van der Waals surface area contributed by atoms with E-state index in [1.165, 1.54) is 16.7 Å². The standard InChI is InChI=1S/C17H25N3O4S/c1-8-12-11(9(2)21)15(22)20(12)13(16(23)24)14(8)25-17(10(3)18)4-6-19-7-5-17/h8-9,11-12,18-19,21H,4-7H2,1-3H3,(H,23,24)/t8-,9-,11-,12-/m1/s1. The van der Waals surface area contributed by atoms with E-state index in [9.17, 15) is 19.8 Å². The van der Waals surface area contributed by atoms with Crippen LogP contribution in [0.2, 0.25) is 0 Å². The molecule has 4 N–H and O–H groups in total. The molecule has 1 amide bonds. The second kappa shape index (κ2) is 6.41. The summed E-state index contributed by atoms with van der Waals surface area (Å²) in [6.45, 7) is 6.85. The van der Waals surface area contributed by atoms with Gasteiger partial charge in [0.15, 0.2) is 0 Å². The van der Waals surface area contributed by atoms with E-state index >= 15 is 0 Å². The minimum atomic E-state index is -1.11. The van der Waals surface area contributed by atoms with E-state index in [-0.39, 0.29) is 23.6 Å². The molecule has 3 aliphatic rings. The average molecular weight is 367 g/mol. The van der Waals surface area contributed by atoms with E-state index in [4.69, 9.17) is 5.41 Å². The van der Waals surface area contributed by atoms with Crippen LogP contribution in [0.3, 0.4) is 0 Å². The average Bonchev–Trinajstić information content (AvgIpc) is 2.77. The van der Waals surface area contributed by atoms with Crippen molar-refractivity contribution in [3.05, 3.63) is 10.6 Å². The van der Waals surface area contributed by atoms with Gasteiger partial charge in [-0.25, -0.2) is 4.79 Å². The Hall–Kier alpha value is -1.38. The number of thioether (sulfide) groups is 1. The van der Waals surface area contributed by atoms with E-state index in [0.29, 0.717) is 10.6 Å². The van der Waals surface area contributed by atoms with Crippen molar-refractivity contribution in [3.63, 3.8) is 0 Å². The maximum Gasteiger partial charge on any atom is 0.353 e. The molecular weight excluding hydrogens is 342 g/mol. The molecule has 2 saturated heterocycles. The molecule has 0 aromatic rings. The molecule has 25 heavy (non-hydrogen) atoms. The maximum absolute atomic E-state index is 12.4. The summed E-state index contributed by atoms with van der Waals surface area (Å²) < 4.78 is -0.427. The lowest BCUT2D eigenvalue weighted by molar-refractivity contribution is -0.163. The molecule has 4 atom stereocenters. The van der Waals surface area contributed by atoms with Gasteiger partial charge in [-0.05, 0) is 39.8 Å². The first-order valence-corrected chi connectivity index (χ1v) is 9.47. The summed E-state index contributed by atoms with van der Waals surface area (Å²) in [5, 5.41) is 31.2. The van der Waals surface area contributed by atoms with Gasteiger partial charge in [0, 0.05) is 16.5 Å². The topological polar surface area (TPSA) is 114 Å². The Morgan fingerprint density at radius 1 is 1.44 bits per heavy atom. The molecular formula is C17H25N3O4S. The van der Waals surface area contributed by atoms with E-state index in [0.717, 1.165) is 25.9 Å². The fourth-order valence-corrected chi connectivity index (χ4v) is 5.84. The lowest BCUT2D eigenvalue weighted by Gasteiger charge is -2.46. The summed E-state index contributed by atoms with van der Waals surface area (Å²) in [6, 6.07) is -0.300. The number of aliphatic carboxylic acids is 1. The lowest BCUT2D eigenvalue weighted by Crippen LogP contribution is -2.63. The number of nitrogens with zero attached hydrogens (tertiary/aromatic N) is 1. The predicted molar refractivity (Wildman–Crippen MR) is 95.5 cm³/mol. The summed E-state index contributed by atoms with van der Waals surface area (Å²) in [6.07, 6.45) is 0.719. The van der Waals surface area contributed by atoms with Gasteiger partial charge >= 0.3 is 5.97 Å². The summed E-state index contributed by atoms with van der Waals surface area (Å²) in [5.74, 6) is -2.13. The van der Waals surface area contributed by atoms with Gasteiger partial charge < -0.3 is 25.8 Å². The van der Waals surface area contributed by atoms with Crippen molar-refractivity contribution in [2.24, 2.45) is 11.8 Å². The number of aliphatic hydroxyl groups is 1. The SMILES string of the molecule is CC(=N)C1(SC2=C(C(=O)O)N3C(=O)[C@H]([C@@H](C)O)[C@H]3[C@H]2C)CCNCC1. The molecule has 7 nitrogen and oxygen atoms in total. The first kappa shape index (κ1) is 18.4. The third-order valence-electron chi connectivity index (χ3n) is 5.71.